The molecule has 174 valence electrons. The van der Waals surface area contributed by atoms with Gasteiger partial charge in [0, 0.05) is 24.2 Å². The van der Waals surface area contributed by atoms with E-state index in [2.05, 4.69) is 10.2 Å². The molecule has 1 aliphatic heterocycles. The number of hydrogen-bond acceptors (Lipinski definition) is 7. The van der Waals surface area contributed by atoms with Gasteiger partial charge in [-0.25, -0.2) is 8.42 Å². The van der Waals surface area contributed by atoms with Crippen LogP contribution in [0.1, 0.15) is 37.9 Å². The largest absolute Gasteiger partial charge is 0.486 e. The minimum atomic E-state index is -3.05. The molecule has 2 aliphatic rings. The Balaban J connectivity index is 1.37. The molecule has 1 aromatic carbocycles. The van der Waals surface area contributed by atoms with Gasteiger partial charge in [-0.1, -0.05) is 36.2 Å². The summed E-state index contributed by atoms with van der Waals surface area (Å²) in [5, 5.41) is 9.65. The normalized spacial score (nSPS) is 20.5. The van der Waals surface area contributed by atoms with Crippen LogP contribution in [0.2, 0.25) is 5.02 Å². The first-order valence-electron chi connectivity index (χ1n) is 10.7. The molecule has 2 heterocycles. The van der Waals surface area contributed by atoms with E-state index in [9.17, 15) is 13.2 Å². The Kier molecular flexibility index (Phi) is 7.31. The Labute approximate surface area is 197 Å². The highest BCUT2D eigenvalue weighted by molar-refractivity contribution is 7.99. The summed E-state index contributed by atoms with van der Waals surface area (Å²) >= 11 is 7.21. The van der Waals surface area contributed by atoms with Crippen molar-refractivity contribution in [2.24, 2.45) is 7.05 Å². The molecular formula is C21H27ClN4O4S2. The zero-order valence-corrected chi connectivity index (χ0v) is 20.3. The third kappa shape index (κ3) is 5.58. The number of carbonyl (C=O) groups is 1. The topological polar surface area (TPSA) is 94.4 Å². The number of nitrogens with zero attached hydrogens (tertiary/aromatic N) is 4. The number of amides is 1. The van der Waals surface area contributed by atoms with E-state index in [0.717, 1.165) is 25.7 Å². The lowest BCUT2D eigenvalue weighted by molar-refractivity contribution is -0.132. The van der Waals surface area contributed by atoms with Gasteiger partial charge in [0.25, 0.3) is 0 Å². The Morgan fingerprint density at radius 2 is 1.91 bits per heavy atom. The second kappa shape index (κ2) is 10.0. The molecule has 4 rings (SSSR count). The van der Waals surface area contributed by atoms with Crippen molar-refractivity contribution < 1.29 is 17.9 Å². The number of rotatable bonds is 8. The van der Waals surface area contributed by atoms with Crippen molar-refractivity contribution in [3.05, 3.63) is 35.1 Å². The van der Waals surface area contributed by atoms with Gasteiger partial charge < -0.3 is 14.2 Å². The number of thioether (sulfide) groups is 1. The average molecular weight is 499 g/mol. The molecule has 0 unspecified atom stereocenters. The molecule has 1 amide bonds. The summed E-state index contributed by atoms with van der Waals surface area (Å²) < 4.78 is 31.6. The van der Waals surface area contributed by atoms with Crippen molar-refractivity contribution in [2.75, 3.05) is 17.3 Å². The highest BCUT2D eigenvalue weighted by Crippen LogP contribution is 2.30. The van der Waals surface area contributed by atoms with Crippen LogP contribution in [-0.4, -0.2) is 63.3 Å². The number of sulfone groups is 1. The van der Waals surface area contributed by atoms with Crippen molar-refractivity contribution in [3.8, 4) is 5.75 Å². The van der Waals surface area contributed by atoms with Crippen molar-refractivity contribution in [1.82, 2.24) is 19.7 Å². The van der Waals surface area contributed by atoms with Crippen molar-refractivity contribution >= 4 is 39.1 Å². The lowest BCUT2D eigenvalue weighted by Crippen LogP contribution is -2.47. The van der Waals surface area contributed by atoms with E-state index in [1.807, 2.05) is 16.5 Å². The Hall–Kier alpha value is -1.78. The van der Waals surface area contributed by atoms with Crippen LogP contribution < -0.4 is 4.74 Å². The third-order valence-corrected chi connectivity index (χ3v) is 9.05. The van der Waals surface area contributed by atoms with E-state index in [-0.39, 0.29) is 41.9 Å². The first-order chi connectivity index (χ1) is 15.3. The van der Waals surface area contributed by atoms with E-state index < -0.39 is 9.84 Å². The molecule has 0 N–H and O–H groups in total. The van der Waals surface area contributed by atoms with Crippen LogP contribution in [0.25, 0.3) is 0 Å². The van der Waals surface area contributed by atoms with Gasteiger partial charge in [0.1, 0.15) is 12.4 Å². The number of hydrogen-bond donors (Lipinski definition) is 0. The fraction of sp³-hybridized carbons (Fsp3) is 0.571. The van der Waals surface area contributed by atoms with Crippen LogP contribution in [0.3, 0.4) is 0 Å². The van der Waals surface area contributed by atoms with Gasteiger partial charge in [-0.15, -0.1) is 10.2 Å². The minimum Gasteiger partial charge on any atom is -0.486 e. The predicted molar refractivity (Wildman–Crippen MR) is 124 cm³/mol. The average Bonchev–Trinajstić information content (AvgIpc) is 3.48. The fourth-order valence-electron chi connectivity index (χ4n) is 4.36. The maximum Gasteiger partial charge on any atom is 0.233 e. The molecule has 0 bridgehead atoms. The molecule has 1 saturated carbocycles. The molecular weight excluding hydrogens is 472 g/mol. The Morgan fingerprint density at radius 3 is 2.56 bits per heavy atom. The summed E-state index contributed by atoms with van der Waals surface area (Å²) in [6.45, 7) is 0.244. The van der Waals surface area contributed by atoms with E-state index in [1.54, 1.807) is 24.3 Å². The quantitative estimate of drug-likeness (QED) is 0.516. The summed E-state index contributed by atoms with van der Waals surface area (Å²) in [4.78, 5) is 15.0. The monoisotopic (exact) mass is 498 g/mol. The van der Waals surface area contributed by atoms with Crippen LogP contribution in [0, 0.1) is 0 Å². The summed E-state index contributed by atoms with van der Waals surface area (Å²) in [6, 6.07) is 7.02. The van der Waals surface area contributed by atoms with Crippen molar-refractivity contribution in [2.45, 2.75) is 56.0 Å². The molecule has 0 radical (unpaired) electrons. The fourth-order valence-corrected chi connectivity index (χ4v) is 7.00. The number of halogens is 1. The van der Waals surface area contributed by atoms with Gasteiger partial charge >= 0.3 is 0 Å². The molecule has 1 aromatic heterocycles. The van der Waals surface area contributed by atoms with Gasteiger partial charge in [-0.3, -0.25) is 4.79 Å². The van der Waals surface area contributed by atoms with Crippen LogP contribution >= 0.6 is 23.4 Å². The van der Waals surface area contributed by atoms with Gasteiger partial charge in [-0.2, -0.15) is 0 Å². The van der Waals surface area contributed by atoms with Crippen molar-refractivity contribution in [3.63, 3.8) is 0 Å². The van der Waals surface area contributed by atoms with E-state index in [1.165, 1.54) is 11.8 Å². The number of aromatic nitrogens is 3. The summed E-state index contributed by atoms with van der Waals surface area (Å²) in [5.41, 5.74) is 0. The predicted octanol–water partition coefficient (Wildman–Crippen LogP) is 3.10. The van der Waals surface area contributed by atoms with E-state index in [0.29, 0.717) is 28.2 Å². The summed E-state index contributed by atoms with van der Waals surface area (Å²) in [5.74, 6) is 1.75. The second-order valence-corrected chi connectivity index (χ2v) is 11.9. The van der Waals surface area contributed by atoms with Crippen molar-refractivity contribution in [1.29, 1.82) is 0 Å². The second-order valence-electron chi connectivity index (χ2n) is 8.29. The number of benzene rings is 1. The van der Waals surface area contributed by atoms with Crippen LogP contribution in [0.4, 0.5) is 0 Å². The summed E-state index contributed by atoms with van der Waals surface area (Å²) in [6.07, 6.45) is 4.60. The lowest BCUT2D eigenvalue weighted by Gasteiger charge is -2.34. The molecule has 2 fully saturated rings. The Bertz CT molecular complexity index is 1050. The zero-order chi connectivity index (χ0) is 22.7. The maximum atomic E-state index is 13.2. The standard InChI is InChI=1S/C21H27ClN4O4S2/c1-25-19(12-30-18-8-6-15(22)7-9-18)23-24-21(25)31-13-20(27)26(16-4-2-3-5-16)17-10-11-32(28,29)14-17/h6-9,16-17H,2-5,10-14H2,1H3/t17-/m0/s1. The molecule has 1 saturated heterocycles. The molecule has 1 atom stereocenters. The van der Waals surface area contributed by atoms with Crippen LogP contribution in [0.15, 0.2) is 29.4 Å². The Morgan fingerprint density at radius 1 is 1.19 bits per heavy atom. The smallest absolute Gasteiger partial charge is 0.233 e. The molecule has 0 spiro atoms. The van der Waals surface area contributed by atoms with E-state index in [4.69, 9.17) is 16.3 Å². The van der Waals surface area contributed by atoms with E-state index >= 15 is 0 Å². The van der Waals surface area contributed by atoms with Gasteiger partial charge in [-0.05, 0) is 43.5 Å². The molecule has 11 heteroatoms. The van der Waals surface area contributed by atoms with Gasteiger partial charge in [0.05, 0.1) is 17.3 Å². The molecule has 8 nitrogen and oxygen atoms in total. The SMILES string of the molecule is Cn1c(COc2ccc(Cl)cc2)nnc1SCC(=O)N(C1CCCC1)[C@H]1CCS(=O)(=O)C1. The van der Waals surface area contributed by atoms with Crippen LogP contribution in [0.5, 0.6) is 5.75 Å². The highest BCUT2D eigenvalue weighted by Gasteiger charge is 2.39. The molecule has 1 aliphatic carbocycles. The van der Waals surface area contributed by atoms with Crippen LogP contribution in [-0.2, 0) is 28.3 Å². The summed E-state index contributed by atoms with van der Waals surface area (Å²) in [7, 11) is -1.22. The maximum absolute atomic E-state index is 13.2. The molecule has 2 aromatic rings. The number of carbonyl (C=O) groups excluding carboxylic acids is 1. The van der Waals surface area contributed by atoms with Gasteiger partial charge in [0.2, 0.25) is 5.91 Å². The minimum absolute atomic E-state index is 0.0223. The highest BCUT2D eigenvalue weighted by atomic mass is 35.5. The first-order valence-corrected chi connectivity index (χ1v) is 13.9. The van der Waals surface area contributed by atoms with Gasteiger partial charge in [0.15, 0.2) is 20.8 Å². The zero-order valence-electron chi connectivity index (χ0n) is 17.9. The molecule has 32 heavy (non-hydrogen) atoms. The number of ether oxygens (including phenoxy) is 1. The lowest BCUT2D eigenvalue weighted by atomic mass is 10.1. The third-order valence-electron chi connectivity index (χ3n) is 6.04. The first kappa shape index (κ1) is 23.4.